The number of hydrogen-bond acceptors (Lipinski definition) is 5. The first-order valence-corrected chi connectivity index (χ1v) is 9.81. The van der Waals surface area contributed by atoms with Crippen molar-refractivity contribution < 1.29 is 4.79 Å². The Kier molecular flexibility index (Phi) is 5.58. The summed E-state index contributed by atoms with van der Waals surface area (Å²) in [4.78, 5) is 14.7. The molecule has 2 aliphatic rings. The second-order valence-corrected chi connectivity index (χ2v) is 8.12. The molecule has 1 aromatic heterocycles. The first-order valence-electron chi connectivity index (χ1n) is 8.65. The molecule has 3 heterocycles. The van der Waals surface area contributed by atoms with Crippen molar-refractivity contribution in [3.63, 3.8) is 0 Å². The fourth-order valence-corrected chi connectivity index (χ4v) is 4.53. The van der Waals surface area contributed by atoms with Crippen LogP contribution in [0.1, 0.15) is 49.6 Å². The van der Waals surface area contributed by atoms with E-state index in [1.807, 2.05) is 4.68 Å². The van der Waals surface area contributed by atoms with Crippen LogP contribution in [0.3, 0.4) is 0 Å². The highest BCUT2D eigenvalue weighted by Gasteiger charge is 2.28. The second kappa shape index (κ2) is 7.66. The van der Waals surface area contributed by atoms with E-state index >= 15 is 0 Å². The molecule has 0 aromatic carbocycles. The molecule has 6 nitrogen and oxygen atoms in total. The Morgan fingerprint density at radius 3 is 2.78 bits per heavy atom. The number of rotatable bonds is 5. The summed E-state index contributed by atoms with van der Waals surface area (Å²) in [5, 5.41) is 11.1. The van der Waals surface area contributed by atoms with Crippen LogP contribution in [0.2, 0.25) is 0 Å². The number of amides is 1. The second-order valence-electron chi connectivity index (χ2n) is 6.97. The highest BCUT2D eigenvalue weighted by molar-refractivity contribution is 7.99. The zero-order chi connectivity index (χ0) is 16.2. The number of thioether (sulfide) groups is 1. The number of piperidine rings is 1. The van der Waals surface area contributed by atoms with E-state index in [1.165, 1.54) is 17.9 Å². The largest absolute Gasteiger partial charge is 0.350 e. The van der Waals surface area contributed by atoms with Crippen LogP contribution >= 0.6 is 11.8 Å². The Morgan fingerprint density at radius 2 is 2.13 bits per heavy atom. The smallest absolute Gasteiger partial charge is 0.273 e. The SMILES string of the molecule is CC(C)CNC(=O)c1cn(C2CCN(C3CCSC3)CC2)nn1. The average molecular weight is 337 g/mol. The van der Waals surface area contributed by atoms with Crippen molar-refractivity contribution in [3.05, 3.63) is 11.9 Å². The maximum atomic E-state index is 12.0. The first-order chi connectivity index (χ1) is 11.1. The molecule has 1 aromatic rings. The van der Waals surface area contributed by atoms with E-state index in [0.717, 1.165) is 32.0 Å². The molecular formula is C16H27N5OS. The van der Waals surface area contributed by atoms with Crippen LogP contribution in [0, 0.1) is 5.92 Å². The van der Waals surface area contributed by atoms with Gasteiger partial charge in [-0.3, -0.25) is 9.69 Å². The Labute approximate surface area is 142 Å². The van der Waals surface area contributed by atoms with Crippen molar-refractivity contribution in [2.75, 3.05) is 31.1 Å². The quantitative estimate of drug-likeness (QED) is 0.888. The third kappa shape index (κ3) is 4.26. The molecular weight excluding hydrogens is 310 g/mol. The minimum atomic E-state index is -0.120. The number of nitrogens with zero attached hydrogens (tertiary/aromatic N) is 4. The van der Waals surface area contributed by atoms with Crippen molar-refractivity contribution in [2.45, 2.75) is 45.2 Å². The summed E-state index contributed by atoms with van der Waals surface area (Å²) in [6.45, 7) is 7.08. The Bertz CT molecular complexity index is 518. The van der Waals surface area contributed by atoms with Crippen LogP contribution in [0.4, 0.5) is 0 Å². The lowest BCUT2D eigenvalue weighted by Crippen LogP contribution is -2.42. The summed E-state index contributed by atoms with van der Waals surface area (Å²) in [6, 6.07) is 1.15. The molecule has 128 valence electrons. The number of nitrogens with one attached hydrogen (secondary N) is 1. The normalized spacial score (nSPS) is 23.5. The Hall–Kier alpha value is -1.08. The van der Waals surface area contributed by atoms with Gasteiger partial charge < -0.3 is 5.32 Å². The predicted octanol–water partition coefficient (Wildman–Crippen LogP) is 1.81. The third-order valence-corrected chi connectivity index (χ3v) is 5.85. The summed E-state index contributed by atoms with van der Waals surface area (Å²) < 4.78 is 1.89. The Morgan fingerprint density at radius 1 is 1.35 bits per heavy atom. The van der Waals surface area contributed by atoms with Gasteiger partial charge in [0.2, 0.25) is 0 Å². The van der Waals surface area contributed by atoms with Gasteiger partial charge in [0.15, 0.2) is 5.69 Å². The average Bonchev–Trinajstić information content (AvgIpc) is 3.24. The van der Waals surface area contributed by atoms with Gasteiger partial charge in [-0.1, -0.05) is 19.1 Å². The third-order valence-electron chi connectivity index (χ3n) is 4.71. The van der Waals surface area contributed by atoms with Crippen molar-refractivity contribution in [1.82, 2.24) is 25.2 Å². The van der Waals surface area contributed by atoms with Crippen LogP contribution in [-0.4, -0.2) is 63.0 Å². The summed E-state index contributed by atoms with van der Waals surface area (Å²) in [5.74, 6) is 2.91. The first kappa shape index (κ1) is 16.8. The molecule has 0 bridgehead atoms. The van der Waals surface area contributed by atoms with Crippen LogP contribution in [0.15, 0.2) is 6.20 Å². The van der Waals surface area contributed by atoms with E-state index in [0.29, 0.717) is 24.2 Å². The molecule has 2 saturated heterocycles. The monoisotopic (exact) mass is 337 g/mol. The molecule has 1 unspecified atom stereocenters. The molecule has 0 saturated carbocycles. The lowest BCUT2D eigenvalue weighted by molar-refractivity contribution is 0.0944. The minimum Gasteiger partial charge on any atom is -0.350 e. The van der Waals surface area contributed by atoms with Gasteiger partial charge >= 0.3 is 0 Å². The topological polar surface area (TPSA) is 63.1 Å². The highest BCUT2D eigenvalue weighted by Crippen LogP contribution is 2.28. The van der Waals surface area contributed by atoms with Crippen molar-refractivity contribution in [3.8, 4) is 0 Å². The molecule has 1 atom stereocenters. The zero-order valence-corrected chi connectivity index (χ0v) is 14.9. The van der Waals surface area contributed by atoms with Crippen molar-refractivity contribution in [1.29, 1.82) is 0 Å². The van der Waals surface area contributed by atoms with E-state index in [4.69, 9.17) is 0 Å². The van der Waals surface area contributed by atoms with E-state index in [1.54, 1.807) is 6.20 Å². The van der Waals surface area contributed by atoms with Crippen LogP contribution in [0.25, 0.3) is 0 Å². The van der Waals surface area contributed by atoms with Crippen LogP contribution in [0.5, 0.6) is 0 Å². The molecule has 1 N–H and O–H groups in total. The maximum Gasteiger partial charge on any atom is 0.273 e. The van der Waals surface area contributed by atoms with Gasteiger partial charge in [-0.05, 0) is 30.9 Å². The van der Waals surface area contributed by atoms with E-state index in [-0.39, 0.29) is 5.91 Å². The zero-order valence-electron chi connectivity index (χ0n) is 14.1. The Balaban J connectivity index is 1.51. The molecule has 1 amide bonds. The standard InChI is InChI=1S/C16H27N5OS/c1-12(2)9-17-16(22)15-10-21(19-18-15)13-3-6-20(7-4-13)14-5-8-23-11-14/h10,12-14H,3-9,11H2,1-2H3,(H,17,22). The van der Waals surface area contributed by atoms with Gasteiger partial charge in [0.25, 0.3) is 5.91 Å². The molecule has 2 aliphatic heterocycles. The number of carbonyl (C=O) groups excluding carboxylic acids is 1. The summed E-state index contributed by atoms with van der Waals surface area (Å²) in [5.41, 5.74) is 0.431. The van der Waals surface area contributed by atoms with Crippen molar-refractivity contribution in [2.24, 2.45) is 5.92 Å². The van der Waals surface area contributed by atoms with Gasteiger partial charge in [0.1, 0.15) is 0 Å². The lowest BCUT2D eigenvalue weighted by atomic mass is 10.0. The van der Waals surface area contributed by atoms with Gasteiger partial charge in [0, 0.05) is 31.4 Å². The highest BCUT2D eigenvalue weighted by atomic mass is 32.2. The molecule has 7 heteroatoms. The maximum absolute atomic E-state index is 12.0. The summed E-state index contributed by atoms with van der Waals surface area (Å²) in [7, 11) is 0. The van der Waals surface area contributed by atoms with Gasteiger partial charge in [-0.15, -0.1) is 5.10 Å². The minimum absolute atomic E-state index is 0.120. The van der Waals surface area contributed by atoms with Gasteiger partial charge in [-0.2, -0.15) is 11.8 Å². The predicted molar refractivity (Wildman–Crippen MR) is 92.8 cm³/mol. The number of aromatic nitrogens is 3. The van der Waals surface area contributed by atoms with E-state index in [2.05, 4.69) is 46.1 Å². The fraction of sp³-hybridized carbons (Fsp3) is 0.812. The molecule has 0 spiro atoms. The number of hydrogen-bond donors (Lipinski definition) is 1. The summed E-state index contributed by atoms with van der Waals surface area (Å²) >= 11 is 2.07. The molecule has 0 radical (unpaired) electrons. The van der Waals surface area contributed by atoms with E-state index in [9.17, 15) is 4.79 Å². The molecule has 23 heavy (non-hydrogen) atoms. The lowest BCUT2D eigenvalue weighted by Gasteiger charge is -2.35. The fourth-order valence-electron chi connectivity index (χ4n) is 3.27. The van der Waals surface area contributed by atoms with Crippen molar-refractivity contribution >= 4 is 17.7 Å². The van der Waals surface area contributed by atoms with E-state index < -0.39 is 0 Å². The van der Waals surface area contributed by atoms with Crippen LogP contribution < -0.4 is 5.32 Å². The van der Waals surface area contributed by atoms with Crippen LogP contribution in [-0.2, 0) is 0 Å². The molecule has 3 rings (SSSR count). The van der Waals surface area contributed by atoms with Gasteiger partial charge in [-0.25, -0.2) is 4.68 Å². The van der Waals surface area contributed by atoms with Gasteiger partial charge in [0.05, 0.1) is 12.2 Å². The molecule has 0 aliphatic carbocycles. The number of likely N-dealkylation sites (tertiary alicyclic amines) is 1. The molecule has 2 fully saturated rings. The number of carbonyl (C=O) groups is 1. The summed E-state index contributed by atoms with van der Waals surface area (Å²) in [6.07, 6.45) is 5.33.